The highest BCUT2D eigenvalue weighted by molar-refractivity contribution is 5.93. The molecule has 57 heavy (non-hydrogen) atoms. The van der Waals surface area contributed by atoms with Crippen LogP contribution in [0, 0.1) is 0 Å². The maximum Gasteiger partial charge on any atom is 0.326 e. The van der Waals surface area contributed by atoms with Gasteiger partial charge in [-0.15, -0.1) is 0 Å². The molecule has 4 amide bonds. The van der Waals surface area contributed by atoms with E-state index in [2.05, 4.69) is 36.4 Å². The number of carbonyl (C=O) groups excluding carboxylic acids is 4. The zero-order valence-electron chi connectivity index (χ0n) is 33.2. The zero-order chi connectivity index (χ0) is 42.0. The Balaban J connectivity index is 1.79. The molecule has 2 rings (SSSR count). The largest absolute Gasteiger partial charge is 0.480 e. The van der Waals surface area contributed by atoms with Crippen LogP contribution < -0.4 is 54.5 Å². The number of aromatic nitrogens is 2. The Morgan fingerprint density at radius 2 is 1.21 bits per heavy atom. The van der Waals surface area contributed by atoms with Crippen molar-refractivity contribution in [3.63, 3.8) is 0 Å². The van der Waals surface area contributed by atoms with Gasteiger partial charge in [0.25, 0.3) is 11.1 Å². The van der Waals surface area contributed by atoms with Gasteiger partial charge >= 0.3 is 5.97 Å². The van der Waals surface area contributed by atoms with Crippen LogP contribution in [0.2, 0.25) is 0 Å². The predicted molar refractivity (Wildman–Crippen MR) is 218 cm³/mol. The Morgan fingerprint density at radius 3 is 1.79 bits per heavy atom. The van der Waals surface area contributed by atoms with E-state index in [1.54, 1.807) is 12.1 Å². The molecule has 2 aromatic rings. The molecule has 0 radical (unpaired) electrons. The molecule has 0 saturated carbocycles. The SMILES string of the molecule is CCN(CCCCCCNC(=O)COCC(=O)N[C@@H](CCCCN)C(=O)N[C@@H](CCCCN)C(=O)N[C@@H](CCCCN)C(=O)O)c1ccc2c(=O)[nH][nH]c(=O)c2c1. The number of amides is 4. The Kier molecular flexibility index (Phi) is 23.5. The maximum atomic E-state index is 13.4. The summed E-state index contributed by atoms with van der Waals surface area (Å²) in [6.45, 7) is 4.24. The molecular formula is C38H64N10O9. The second-order valence-electron chi connectivity index (χ2n) is 13.9. The second-order valence-corrected chi connectivity index (χ2v) is 13.9. The summed E-state index contributed by atoms with van der Waals surface area (Å²) in [4.78, 5) is 89.8. The number of hydrogen-bond donors (Lipinski definition) is 10. The van der Waals surface area contributed by atoms with Crippen molar-refractivity contribution in [3.8, 4) is 0 Å². The minimum Gasteiger partial charge on any atom is -0.480 e. The minimum absolute atomic E-state index is 0.183. The first-order chi connectivity index (χ1) is 27.4. The fourth-order valence-corrected chi connectivity index (χ4v) is 6.18. The summed E-state index contributed by atoms with van der Waals surface area (Å²) in [5, 5.41) is 25.6. The van der Waals surface area contributed by atoms with Gasteiger partial charge in [-0.25, -0.2) is 4.79 Å². The van der Waals surface area contributed by atoms with Gasteiger partial charge in [-0.3, -0.25) is 39.0 Å². The number of hydrogen-bond acceptors (Lipinski definition) is 12. The van der Waals surface area contributed by atoms with E-state index in [1.165, 1.54) is 0 Å². The van der Waals surface area contributed by atoms with Crippen molar-refractivity contribution >= 4 is 46.1 Å². The molecule has 0 bridgehead atoms. The van der Waals surface area contributed by atoms with Gasteiger partial charge in [0.15, 0.2) is 0 Å². The van der Waals surface area contributed by atoms with Crippen molar-refractivity contribution in [1.82, 2.24) is 31.5 Å². The van der Waals surface area contributed by atoms with Crippen LogP contribution in [0.4, 0.5) is 5.69 Å². The van der Waals surface area contributed by atoms with E-state index in [4.69, 9.17) is 21.9 Å². The van der Waals surface area contributed by atoms with Crippen LogP contribution in [0.15, 0.2) is 27.8 Å². The average Bonchev–Trinajstić information content (AvgIpc) is 3.19. The molecule has 1 heterocycles. The molecule has 0 spiro atoms. The van der Waals surface area contributed by atoms with Crippen LogP contribution in [0.3, 0.4) is 0 Å². The molecule has 3 atom stereocenters. The summed E-state index contributed by atoms with van der Waals surface area (Å²) >= 11 is 0. The third kappa shape index (κ3) is 18.3. The highest BCUT2D eigenvalue weighted by atomic mass is 16.5. The van der Waals surface area contributed by atoms with Gasteiger partial charge in [0, 0.05) is 25.3 Å². The van der Waals surface area contributed by atoms with E-state index in [-0.39, 0.29) is 37.0 Å². The van der Waals surface area contributed by atoms with Gasteiger partial charge < -0.3 is 53.2 Å². The number of nitrogens with two attached hydrogens (primary N) is 3. The molecule has 0 aliphatic rings. The lowest BCUT2D eigenvalue weighted by Gasteiger charge is -2.24. The van der Waals surface area contributed by atoms with Crippen molar-refractivity contribution in [2.75, 3.05) is 57.4 Å². The molecule has 1 aromatic heterocycles. The Hall–Kier alpha value is -4.85. The van der Waals surface area contributed by atoms with Gasteiger partial charge in [0.05, 0.1) is 10.8 Å². The second kappa shape index (κ2) is 27.7. The van der Waals surface area contributed by atoms with Crippen LogP contribution in [0.1, 0.15) is 90.4 Å². The first kappa shape index (κ1) is 48.3. The predicted octanol–water partition coefficient (Wildman–Crippen LogP) is -0.338. The van der Waals surface area contributed by atoms with Crippen LogP contribution >= 0.6 is 0 Å². The number of benzene rings is 1. The lowest BCUT2D eigenvalue weighted by atomic mass is 10.0. The first-order valence-electron chi connectivity index (χ1n) is 20.0. The summed E-state index contributed by atoms with van der Waals surface area (Å²) < 4.78 is 5.31. The van der Waals surface area contributed by atoms with Crippen molar-refractivity contribution in [1.29, 1.82) is 0 Å². The van der Waals surface area contributed by atoms with E-state index in [0.717, 1.165) is 44.5 Å². The number of aromatic amines is 2. The summed E-state index contributed by atoms with van der Waals surface area (Å²) in [6, 6.07) is 1.98. The number of anilines is 1. The molecule has 0 aliphatic heterocycles. The molecule has 13 N–H and O–H groups in total. The summed E-state index contributed by atoms with van der Waals surface area (Å²) in [7, 11) is 0. The third-order valence-electron chi connectivity index (χ3n) is 9.41. The monoisotopic (exact) mass is 804 g/mol. The topological polar surface area (TPSA) is 310 Å². The standard InChI is InChI=1S/C38H64N10O9/c1-2-48(26-16-17-27-28(23-26)35(52)47-46-34(27)51)22-12-4-3-11-21-42-32(49)24-57-25-33(50)43-29(13-5-8-18-39)36(53)44-30(14-6-9-19-40)37(54)45-31(38(55)56)15-7-10-20-41/h16-17,23,29-31H,2-15,18-22,24-25,39-41H2,1H3,(H,42,49)(H,43,50)(H,44,53)(H,45,54)(H,46,51)(H,47,52)(H,55,56)/t29-,30-,31-/m0/s1. The quantitative estimate of drug-likeness (QED) is 0.0437. The number of H-pyrrole nitrogens is 2. The normalized spacial score (nSPS) is 12.7. The lowest BCUT2D eigenvalue weighted by Crippen LogP contribution is -2.56. The van der Waals surface area contributed by atoms with E-state index < -0.39 is 54.3 Å². The van der Waals surface area contributed by atoms with Gasteiger partial charge in [-0.05, 0) is 115 Å². The van der Waals surface area contributed by atoms with Gasteiger partial charge in [0.1, 0.15) is 31.3 Å². The number of nitrogens with zero attached hydrogens (tertiary/aromatic N) is 1. The molecule has 0 fully saturated rings. The number of ether oxygens (including phenoxy) is 1. The minimum atomic E-state index is -1.19. The van der Waals surface area contributed by atoms with Crippen LogP contribution in [0.25, 0.3) is 10.8 Å². The number of carboxylic acids is 1. The highest BCUT2D eigenvalue weighted by Gasteiger charge is 2.29. The van der Waals surface area contributed by atoms with Crippen molar-refractivity contribution in [2.45, 2.75) is 109 Å². The number of carbonyl (C=O) groups is 5. The van der Waals surface area contributed by atoms with Crippen LogP contribution in [0.5, 0.6) is 0 Å². The fraction of sp³-hybridized carbons (Fsp3) is 0.658. The molecule has 1 aromatic carbocycles. The Bertz CT molecular complexity index is 1670. The van der Waals surface area contributed by atoms with Crippen LogP contribution in [-0.2, 0) is 28.7 Å². The fourth-order valence-electron chi connectivity index (χ4n) is 6.18. The highest BCUT2D eigenvalue weighted by Crippen LogP contribution is 2.19. The first-order valence-corrected chi connectivity index (χ1v) is 20.0. The van der Waals surface area contributed by atoms with Crippen molar-refractivity contribution in [2.24, 2.45) is 17.2 Å². The average molecular weight is 805 g/mol. The molecule has 19 nitrogen and oxygen atoms in total. The number of fused-ring (bicyclic) bond motifs is 1. The number of unbranched alkanes of at least 4 members (excludes halogenated alkanes) is 6. The lowest BCUT2D eigenvalue weighted by molar-refractivity contribution is -0.142. The number of carboxylic acid groups (broad SMARTS) is 1. The van der Waals surface area contributed by atoms with Crippen molar-refractivity contribution in [3.05, 3.63) is 38.9 Å². The van der Waals surface area contributed by atoms with Crippen molar-refractivity contribution < 1.29 is 33.8 Å². The number of rotatable bonds is 31. The molecule has 0 aliphatic carbocycles. The van der Waals surface area contributed by atoms with Gasteiger partial charge in [-0.2, -0.15) is 0 Å². The van der Waals surface area contributed by atoms with Crippen LogP contribution in [-0.4, -0.2) is 116 Å². The molecule has 0 unspecified atom stereocenters. The Morgan fingerprint density at radius 1 is 0.684 bits per heavy atom. The molecular weight excluding hydrogens is 740 g/mol. The maximum absolute atomic E-state index is 13.4. The Labute approximate surface area is 332 Å². The zero-order valence-corrected chi connectivity index (χ0v) is 33.2. The molecule has 320 valence electrons. The van der Waals surface area contributed by atoms with E-state index in [1.807, 2.05) is 13.0 Å². The number of nitrogens with one attached hydrogen (secondary N) is 6. The van der Waals surface area contributed by atoms with E-state index >= 15 is 0 Å². The molecule has 0 saturated heterocycles. The third-order valence-corrected chi connectivity index (χ3v) is 9.41. The van der Waals surface area contributed by atoms with E-state index in [9.17, 15) is 38.7 Å². The number of aliphatic carboxylic acids is 1. The smallest absolute Gasteiger partial charge is 0.326 e. The van der Waals surface area contributed by atoms with Gasteiger partial charge in [0.2, 0.25) is 23.6 Å². The summed E-state index contributed by atoms with van der Waals surface area (Å²) in [5.41, 5.74) is 16.9. The van der Waals surface area contributed by atoms with Gasteiger partial charge in [-0.1, -0.05) is 12.8 Å². The summed E-state index contributed by atoms with van der Waals surface area (Å²) in [5.74, 6) is -3.48. The van der Waals surface area contributed by atoms with E-state index in [0.29, 0.717) is 75.5 Å². The summed E-state index contributed by atoms with van der Waals surface area (Å²) in [6.07, 6.45) is 7.32. The molecule has 19 heteroatoms.